The molecule has 0 saturated carbocycles. The number of ether oxygens (including phenoxy) is 5. The van der Waals surface area contributed by atoms with E-state index >= 15 is 0 Å². The highest BCUT2D eigenvalue weighted by Gasteiger charge is 2.17. The Kier molecular flexibility index (Phi) is 9.88. The van der Waals surface area contributed by atoms with Crippen LogP contribution in [0.3, 0.4) is 0 Å². The van der Waals surface area contributed by atoms with Crippen LogP contribution in [0.5, 0.6) is 11.5 Å². The quantitative estimate of drug-likeness (QED) is 0.386. The molecular formula is C24H27NO9. The second kappa shape index (κ2) is 12.8. The van der Waals surface area contributed by atoms with Gasteiger partial charge in [0.1, 0.15) is 0 Å². The number of rotatable bonds is 11. The third-order valence-corrected chi connectivity index (χ3v) is 4.33. The molecule has 0 aliphatic heterocycles. The lowest BCUT2D eigenvalue weighted by Crippen LogP contribution is -2.21. The van der Waals surface area contributed by atoms with E-state index in [9.17, 15) is 19.2 Å². The second-order valence-electron chi connectivity index (χ2n) is 6.85. The highest BCUT2D eigenvalue weighted by Crippen LogP contribution is 2.29. The van der Waals surface area contributed by atoms with Crippen LogP contribution in [0.25, 0.3) is 0 Å². The maximum Gasteiger partial charge on any atom is 0.338 e. The van der Waals surface area contributed by atoms with Gasteiger partial charge in [0, 0.05) is 5.69 Å². The molecule has 1 amide bonds. The number of esters is 3. The van der Waals surface area contributed by atoms with Crippen molar-refractivity contribution in [3.8, 4) is 11.5 Å². The molecule has 2 aromatic carbocycles. The number of amides is 1. The van der Waals surface area contributed by atoms with Crippen molar-refractivity contribution in [1.29, 1.82) is 0 Å². The van der Waals surface area contributed by atoms with E-state index in [0.717, 1.165) is 6.42 Å². The molecule has 182 valence electrons. The largest absolute Gasteiger partial charge is 0.490 e. The van der Waals surface area contributed by atoms with Gasteiger partial charge in [-0.15, -0.1) is 0 Å². The van der Waals surface area contributed by atoms with Gasteiger partial charge >= 0.3 is 17.9 Å². The van der Waals surface area contributed by atoms with Crippen LogP contribution in [-0.2, 0) is 19.0 Å². The first-order valence-corrected chi connectivity index (χ1v) is 10.5. The Labute approximate surface area is 197 Å². The van der Waals surface area contributed by atoms with Gasteiger partial charge in [0.05, 0.1) is 44.1 Å². The molecule has 0 unspecified atom stereocenters. The fourth-order valence-electron chi connectivity index (χ4n) is 2.82. The molecule has 0 fully saturated rings. The summed E-state index contributed by atoms with van der Waals surface area (Å²) in [6.07, 6.45) is 0.814. The van der Waals surface area contributed by atoms with Gasteiger partial charge in [0.2, 0.25) is 0 Å². The van der Waals surface area contributed by atoms with E-state index in [4.69, 9.17) is 14.2 Å². The monoisotopic (exact) mass is 473 g/mol. The van der Waals surface area contributed by atoms with Crippen LogP contribution in [0.2, 0.25) is 0 Å². The zero-order chi connectivity index (χ0) is 25.1. The predicted octanol–water partition coefficient (Wildman–Crippen LogP) is 3.24. The van der Waals surface area contributed by atoms with Crippen molar-refractivity contribution in [3.63, 3.8) is 0 Å². The van der Waals surface area contributed by atoms with E-state index in [2.05, 4.69) is 14.8 Å². The zero-order valence-corrected chi connectivity index (χ0v) is 19.5. The average molecular weight is 473 g/mol. The molecule has 0 aromatic heterocycles. The molecule has 34 heavy (non-hydrogen) atoms. The molecule has 10 nitrogen and oxygen atoms in total. The molecule has 2 aromatic rings. The lowest BCUT2D eigenvalue weighted by molar-refractivity contribution is -0.119. The Morgan fingerprint density at radius 3 is 1.97 bits per heavy atom. The molecule has 0 atom stereocenters. The summed E-state index contributed by atoms with van der Waals surface area (Å²) in [6.45, 7) is 4.05. The number of hydrogen-bond donors (Lipinski definition) is 1. The first kappa shape index (κ1) is 26.2. The molecule has 0 spiro atoms. The number of anilines is 1. The van der Waals surface area contributed by atoms with Gasteiger partial charge < -0.3 is 29.0 Å². The minimum atomic E-state index is -0.739. The average Bonchev–Trinajstić information content (AvgIpc) is 2.85. The molecule has 0 heterocycles. The summed E-state index contributed by atoms with van der Waals surface area (Å²) in [5.41, 5.74) is 0.374. The normalized spacial score (nSPS) is 10.1. The van der Waals surface area contributed by atoms with Crippen LogP contribution in [0.4, 0.5) is 5.69 Å². The lowest BCUT2D eigenvalue weighted by Gasteiger charge is -2.13. The van der Waals surface area contributed by atoms with Gasteiger partial charge in [-0.3, -0.25) is 4.79 Å². The molecule has 0 radical (unpaired) electrons. The summed E-state index contributed by atoms with van der Waals surface area (Å²) in [7, 11) is 2.37. The zero-order valence-electron chi connectivity index (χ0n) is 19.5. The van der Waals surface area contributed by atoms with Crippen molar-refractivity contribution in [3.05, 3.63) is 53.1 Å². The van der Waals surface area contributed by atoms with Crippen LogP contribution >= 0.6 is 0 Å². The van der Waals surface area contributed by atoms with Crippen molar-refractivity contribution in [2.45, 2.75) is 20.3 Å². The Bertz CT molecular complexity index is 1010. The minimum Gasteiger partial charge on any atom is -0.490 e. The number of carbonyl (C=O) groups is 4. The fourth-order valence-corrected chi connectivity index (χ4v) is 2.82. The van der Waals surface area contributed by atoms with Gasteiger partial charge in [-0.1, -0.05) is 6.92 Å². The first-order chi connectivity index (χ1) is 16.3. The number of hydrogen-bond acceptors (Lipinski definition) is 9. The Morgan fingerprint density at radius 1 is 0.765 bits per heavy atom. The van der Waals surface area contributed by atoms with Crippen molar-refractivity contribution < 1.29 is 42.9 Å². The van der Waals surface area contributed by atoms with Gasteiger partial charge in [0.25, 0.3) is 5.91 Å². The lowest BCUT2D eigenvalue weighted by atomic mass is 10.1. The molecule has 2 rings (SSSR count). The van der Waals surface area contributed by atoms with Crippen LogP contribution < -0.4 is 14.8 Å². The van der Waals surface area contributed by atoms with Gasteiger partial charge in [0.15, 0.2) is 18.1 Å². The van der Waals surface area contributed by atoms with E-state index in [1.165, 1.54) is 44.6 Å². The van der Waals surface area contributed by atoms with Crippen molar-refractivity contribution in [2.24, 2.45) is 0 Å². The Morgan fingerprint density at radius 2 is 1.41 bits per heavy atom. The molecule has 0 bridgehead atoms. The number of carbonyl (C=O) groups excluding carboxylic acids is 4. The summed E-state index contributed by atoms with van der Waals surface area (Å²) in [5.74, 6) is -1.93. The van der Waals surface area contributed by atoms with E-state index in [1.807, 2.05) is 6.92 Å². The number of benzene rings is 2. The third kappa shape index (κ3) is 7.22. The summed E-state index contributed by atoms with van der Waals surface area (Å²) >= 11 is 0. The van der Waals surface area contributed by atoms with Crippen LogP contribution in [-0.4, -0.2) is 57.9 Å². The van der Waals surface area contributed by atoms with Gasteiger partial charge in [-0.2, -0.15) is 0 Å². The highest BCUT2D eigenvalue weighted by atomic mass is 16.5. The van der Waals surface area contributed by atoms with Crippen molar-refractivity contribution in [2.75, 3.05) is 39.4 Å². The van der Waals surface area contributed by atoms with Crippen LogP contribution in [0.15, 0.2) is 36.4 Å². The molecule has 0 aliphatic rings. The standard InChI is InChI=1S/C24H27NO9/c1-5-9-33-19-8-7-15(13-20(19)32-6-2)24(29)34-14-21(26)25-18-11-16(22(27)30-3)10-17(12-18)23(28)31-4/h7-8,10-13H,5-6,9,14H2,1-4H3,(H,25,26). The Hall–Kier alpha value is -4.08. The fraction of sp³-hybridized carbons (Fsp3) is 0.333. The van der Waals surface area contributed by atoms with Crippen LogP contribution in [0.1, 0.15) is 51.3 Å². The molecule has 1 N–H and O–H groups in total. The highest BCUT2D eigenvalue weighted by molar-refractivity contribution is 6.00. The van der Waals surface area contributed by atoms with Crippen molar-refractivity contribution >= 4 is 29.5 Å². The molecule has 10 heteroatoms. The number of methoxy groups -OCH3 is 2. The minimum absolute atomic E-state index is 0.0338. The maximum absolute atomic E-state index is 12.4. The summed E-state index contributed by atoms with van der Waals surface area (Å²) in [6, 6.07) is 8.51. The topological polar surface area (TPSA) is 126 Å². The second-order valence-corrected chi connectivity index (χ2v) is 6.85. The van der Waals surface area contributed by atoms with Gasteiger partial charge in [-0.05, 0) is 49.7 Å². The van der Waals surface area contributed by atoms with E-state index < -0.39 is 30.4 Å². The van der Waals surface area contributed by atoms with Crippen molar-refractivity contribution in [1.82, 2.24) is 0 Å². The smallest absolute Gasteiger partial charge is 0.338 e. The maximum atomic E-state index is 12.4. The van der Waals surface area contributed by atoms with Gasteiger partial charge in [-0.25, -0.2) is 14.4 Å². The molecular weight excluding hydrogens is 446 g/mol. The molecule has 0 saturated heterocycles. The summed E-state index contributed by atoms with van der Waals surface area (Å²) < 4.78 is 25.5. The van der Waals surface area contributed by atoms with E-state index in [0.29, 0.717) is 24.7 Å². The first-order valence-electron chi connectivity index (χ1n) is 10.5. The summed E-state index contributed by atoms with van der Waals surface area (Å²) in [4.78, 5) is 48.5. The van der Waals surface area contributed by atoms with E-state index in [-0.39, 0.29) is 22.4 Å². The summed E-state index contributed by atoms with van der Waals surface area (Å²) in [5, 5.41) is 2.48. The van der Waals surface area contributed by atoms with E-state index in [1.54, 1.807) is 13.0 Å². The molecule has 0 aliphatic carbocycles. The SMILES string of the molecule is CCCOc1ccc(C(=O)OCC(=O)Nc2cc(C(=O)OC)cc(C(=O)OC)c2)cc1OCC. The number of nitrogens with one attached hydrogen (secondary N) is 1. The Balaban J connectivity index is 2.08. The third-order valence-electron chi connectivity index (χ3n) is 4.33. The predicted molar refractivity (Wildman–Crippen MR) is 121 cm³/mol. The van der Waals surface area contributed by atoms with Crippen LogP contribution in [0, 0.1) is 0 Å².